The van der Waals surface area contributed by atoms with Gasteiger partial charge in [0.1, 0.15) is 0 Å². The van der Waals surface area contributed by atoms with Crippen LogP contribution in [-0.2, 0) is 0 Å². The molecule has 0 spiro atoms. The van der Waals surface area contributed by atoms with Crippen molar-refractivity contribution >= 4 is 40.9 Å². The van der Waals surface area contributed by atoms with Gasteiger partial charge in [0.05, 0.1) is 0 Å². The van der Waals surface area contributed by atoms with E-state index in [2.05, 4.69) is 5.32 Å². The molecular formula is C20H21ClN2O2S. The highest BCUT2D eigenvalue weighted by atomic mass is 35.5. The zero-order chi connectivity index (χ0) is 18.5. The van der Waals surface area contributed by atoms with Gasteiger partial charge in [-0.25, -0.2) is 4.79 Å². The van der Waals surface area contributed by atoms with Crippen LogP contribution in [0.4, 0.5) is 10.5 Å². The van der Waals surface area contributed by atoms with Crippen LogP contribution in [0.15, 0.2) is 53.4 Å². The Kier molecular flexibility index (Phi) is 6.22. The van der Waals surface area contributed by atoms with E-state index in [1.165, 1.54) is 0 Å². The van der Waals surface area contributed by atoms with Gasteiger partial charge in [0.2, 0.25) is 0 Å². The number of carbonyl (C=O) groups is 2. The second-order valence-electron chi connectivity index (χ2n) is 6.29. The third-order valence-electron chi connectivity index (χ3n) is 4.62. The lowest BCUT2D eigenvalue weighted by Gasteiger charge is -2.31. The third kappa shape index (κ3) is 4.59. The number of hydrogen-bond donors (Lipinski definition) is 1. The van der Waals surface area contributed by atoms with E-state index in [1.54, 1.807) is 40.9 Å². The summed E-state index contributed by atoms with van der Waals surface area (Å²) in [6.07, 6.45) is 3.38. The van der Waals surface area contributed by atoms with Crippen LogP contribution in [0.3, 0.4) is 0 Å². The maximum atomic E-state index is 12.6. The molecule has 136 valence electrons. The molecule has 0 saturated carbocycles. The molecule has 4 nitrogen and oxygen atoms in total. The number of Topliss-reactive ketones (excluding diaryl/α,β-unsaturated/α-hetero) is 1. The number of ketones is 1. The largest absolute Gasteiger partial charge is 0.324 e. The summed E-state index contributed by atoms with van der Waals surface area (Å²) in [5.41, 5.74) is 1.47. The number of amides is 2. The highest BCUT2D eigenvalue weighted by molar-refractivity contribution is 7.98. The number of nitrogens with zero attached hydrogens (tertiary/aromatic N) is 1. The predicted octanol–water partition coefficient (Wildman–Crippen LogP) is 5.19. The molecule has 0 aromatic heterocycles. The first-order valence-electron chi connectivity index (χ1n) is 8.56. The predicted molar refractivity (Wildman–Crippen MR) is 107 cm³/mol. The molecule has 0 aliphatic carbocycles. The average Bonchev–Trinajstić information content (AvgIpc) is 2.69. The van der Waals surface area contributed by atoms with Gasteiger partial charge in [0.25, 0.3) is 0 Å². The third-order valence-corrected chi connectivity index (χ3v) is 5.62. The van der Waals surface area contributed by atoms with E-state index in [9.17, 15) is 9.59 Å². The average molecular weight is 389 g/mol. The highest BCUT2D eigenvalue weighted by Gasteiger charge is 2.28. The molecule has 0 radical (unpaired) electrons. The molecule has 2 aromatic rings. The van der Waals surface area contributed by atoms with Gasteiger partial charge in [-0.2, -0.15) is 0 Å². The van der Waals surface area contributed by atoms with E-state index in [1.807, 2.05) is 30.5 Å². The van der Waals surface area contributed by atoms with Crippen molar-refractivity contribution in [3.8, 4) is 0 Å². The maximum Gasteiger partial charge on any atom is 0.321 e. The summed E-state index contributed by atoms with van der Waals surface area (Å²) in [5, 5.41) is 3.55. The monoisotopic (exact) mass is 388 g/mol. The van der Waals surface area contributed by atoms with Gasteiger partial charge in [-0.1, -0.05) is 11.6 Å². The van der Waals surface area contributed by atoms with E-state index < -0.39 is 0 Å². The van der Waals surface area contributed by atoms with Gasteiger partial charge >= 0.3 is 6.03 Å². The summed E-state index contributed by atoms with van der Waals surface area (Å²) in [4.78, 5) is 27.9. The first-order chi connectivity index (χ1) is 12.6. The van der Waals surface area contributed by atoms with Crippen molar-refractivity contribution in [1.82, 2.24) is 4.90 Å². The van der Waals surface area contributed by atoms with Crippen LogP contribution in [0, 0.1) is 5.92 Å². The molecule has 1 N–H and O–H groups in total. The minimum atomic E-state index is -0.112. The Morgan fingerprint density at radius 2 is 1.65 bits per heavy atom. The fourth-order valence-corrected chi connectivity index (χ4v) is 3.61. The van der Waals surface area contributed by atoms with E-state index in [4.69, 9.17) is 11.6 Å². The number of nitrogens with one attached hydrogen (secondary N) is 1. The minimum absolute atomic E-state index is 0.0407. The number of anilines is 1. The molecule has 3 rings (SSSR count). The van der Waals surface area contributed by atoms with E-state index in [-0.39, 0.29) is 17.7 Å². The molecule has 2 aromatic carbocycles. The Morgan fingerprint density at radius 1 is 1.04 bits per heavy atom. The van der Waals surface area contributed by atoms with Crippen molar-refractivity contribution in [2.24, 2.45) is 5.92 Å². The molecule has 1 aliphatic heterocycles. The van der Waals surface area contributed by atoms with E-state index >= 15 is 0 Å². The standard InChI is InChI=1S/C20H21ClN2O2S/c1-26-18-8-6-17(7-9-18)22-20(25)23-12-10-15(11-13-23)19(24)14-2-4-16(21)5-3-14/h2-9,15H,10-13H2,1H3,(H,22,25). The molecule has 1 saturated heterocycles. The van der Waals surface area contributed by atoms with Gasteiger partial charge in [-0.3, -0.25) is 4.79 Å². The van der Waals surface area contributed by atoms with Crippen LogP contribution in [0.25, 0.3) is 0 Å². The fourth-order valence-electron chi connectivity index (χ4n) is 3.07. The number of rotatable bonds is 4. The van der Waals surface area contributed by atoms with Crippen LogP contribution < -0.4 is 5.32 Å². The first kappa shape index (κ1) is 18.8. The van der Waals surface area contributed by atoms with Crippen LogP contribution in [-0.4, -0.2) is 36.1 Å². The maximum absolute atomic E-state index is 12.6. The van der Waals surface area contributed by atoms with E-state index in [0.717, 1.165) is 10.6 Å². The summed E-state index contributed by atoms with van der Waals surface area (Å²) >= 11 is 7.54. The first-order valence-corrected chi connectivity index (χ1v) is 10.2. The Labute approximate surface area is 162 Å². The van der Waals surface area contributed by atoms with Gasteiger partial charge in [-0.05, 0) is 67.6 Å². The molecule has 0 bridgehead atoms. The quantitative estimate of drug-likeness (QED) is 0.579. The lowest BCUT2D eigenvalue weighted by atomic mass is 9.89. The smallest absolute Gasteiger partial charge is 0.321 e. The summed E-state index contributed by atoms with van der Waals surface area (Å²) in [7, 11) is 0. The van der Waals surface area contributed by atoms with Crippen LogP contribution in [0.2, 0.25) is 5.02 Å². The topological polar surface area (TPSA) is 49.4 Å². The molecule has 2 amide bonds. The van der Waals surface area contributed by atoms with E-state index in [0.29, 0.717) is 36.5 Å². The van der Waals surface area contributed by atoms with Crippen molar-refractivity contribution in [1.29, 1.82) is 0 Å². The number of carbonyl (C=O) groups excluding carboxylic acids is 2. The number of benzene rings is 2. The van der Waals surface area contributed by atoms with Crippen molar-refractivity contribution < 1.29 is 9.59 Å². The molecule has 6 heteroatoms. The summed E-state index contributed by atoms with van der Waals surface area (Å²) < 4.78 is 0. The number of urea groups is 1. The molecule has 0 atom stereocenters. The van der Waals surface area contributed by atoms with Crippen molar-refractivity contribution in [2.75, 3.05) is 24.7 Å². The number of likely N-dealkylation sites (tertiary alicyclic amines) is 1. The van der Waals surface area contributed by atoms with Crippen LogP contribution in [0.5, 0.6) is 0 Å². The summed E-state index contributed by atoms with van der Waals surface area (Å²) in [5.74, 6) is 0.0930. The Bertz CT molecular complexity index is 769. The zero-order valence-corrected chi connectivity index (χ0v) is 16.1. The summed E-state index contributed by atoms with van der Waals surface area (Å²) in [6, 6.07) is 14.7. The van der Waals surface area contributed by atoms with Gasteiger partial charge in [-0.15, -0.1) is 11.8 Å². The highest BCUT2D eigenvalue weighted by Crippen LogP contribution is 2.24. The second kappa shape index (κ2) is 8.60. The molecule has 0 unspecified atom stereocenters. The van der Waals surface area contributed by atoms with Crippen LogP contribution in [0.1, 0.15) is 23.2 Å². The zero-order valence-electron chi connectivity index (χ0n) is 14.6. The van der Waals surface area contributed by atoms with Gasteiger partial charge in [0, 0.05) is 40.2 Å². The summed E-state index contributed by atoms with van der Waals surface area (Å²) in [6.45, 7) is 1.16. The van der Waals surface area contributed by atoms with Crippen molar-refractivity contribution in [3.63, 3.8) is 0 Å². The number of halogens is 1. The molecule has 26 heavy (non-hydrogen) atoms. The number of piperidine rings is 1. The molecule has 1 aliphatic rings. The van der Waals surface area contributed by atoms with Gasteiger partial charge in [0.15, 0.2) is 5.78 Å². The minimum Gasteiger partial charge on any atom is -0.324 e. The molecule has 1 fully saturated rings. The fraction of sp³-hybridized carbons (Fsp3) is 0.300. The van der Waals surface area contributed by atoms with Crippen molar-refractivity contribution in [3.05, 3.63) is 59.1 Å². The lowest BCUT2D eigenvalue weighted by molar-refractivity contribution is 0.0859. The lowest BCUT2D eigenvalue weighted by Crippen LogP contribution is -2.42. The number of hydrogen-bond acceptors (Lipinski definition) is 3. The Hall–Kier alpha value is -1.98. The second-order valence-corrected chi connectivity index (χ2v) is 7.61. The van der Waals surface area contributed by atoms with Crippen molar-refractivity contribution in [2.45, 2.75) is 17.7 Å². The Balaban J connectivity index is 1.53. The number of thioether (sulfide) groups is 1. The normalized spacial score (nSPS) is 14.9. The van der Waals surface area contributed by atoms with Crippen LogP contribution >= 0.6 is 23.4 Å². The Morgan fingerprint density at radius 3 is 2.23 bits per heavy atom. The SMILES string of the molecule is CSc1ccc(NC(=O)N2CCC(C(=O)c3ccc(Cl)cc3)CC2)cc1. The molecular weight excluding hydrogens is 368 g/mol. The van der Waals surface area contributed by atoms with Gasteiger partial charge < -0.3 is 10.2 Å². The molecule has 1 heterocycles.